The minimum Gasteiger partial charge on any atom is -0.361 e. The van der Waals surface area contributed by atoms with Gasteiger partial charge in [0.1, 0.15) is 0 Å². The second-order valence-corrected chi connectivity index (χ2v) is 6.23. The van der Waals surface area contributed by atoms with Crippen molar-refractivity contribution in [2.75, 3.05) is 13.6 Å². The number of fused-ring (bicyclic) bond motifs is 1. The molecule has 3 rings (SSSR count). The van der Waals surface area contributed by atoms with E-state index in [9.17, 15) is 0 Å². The van der Waals surface area contributed by atoms with E-state index in [0.29, 0.717) is 12.1 Å². The largest absolute Gasteiger partial charge is 0.361 e. The van der Waals surface area contributed by atoms with Crippen LogP contribution in [0.2, 0.25) is 0 Å². The Bertz CT molecular complexity index is 962. The summed E-state index contributed by atoms with van der Waals surface area (Å²) in [6, 6.07) is 16.1. The van der Waals surface area contributed by atoms with E-state index in [0.717, 1.165) is 24.5 Å². The number of H-pyrrole nitrogens is 1. The van der Waals surface area contributed by atoms with E-state index >= 15 is 0 Å². The fourth-order valence-corrected chi connectivity index (χ4v) is 3.12. The fourth-order valence-electron chi connectivity index (χ4n) is 3.12. The maximum absolute atomic E-state index is 8.98. The Morgan fingerprint density at radius 3 is 2.85 bits per heavy atom. The van der Waals surface area contributed by atoms with Crippen LogP contribution in [0.5, 0.6) is 0 Å². The summed E-state index contributed by atoms with van der Waals surface area (Å²) in [5, 5.41) is 16.9. The molecule has 3 aromatic rings. The number of rotatable bonds is 5. The van der Waals surface area contributed by atoms with Crippen molar-refractivity contribution in [2.45, 2.75) is 19.9 Å². The van der Waals surface area contributed by atoms with Crippen LogP contribution in [0.15, 0.2) is 53.7 Å². The first-order valence-electron chi connectivity index (χ1n) is 8.70. The number of hydrogen-bond donors (Lipinski definition) is 3. The highest BCUT2D eigenvalue weighted by Crippen LogP contribution is 2.22. The summed E-state index contributed by atoms with van der Waals surface area (Å²) in [5.74, 6) is 0.754. The first-order chi connectivity index (χ1) is 12.7. The Morgan fingerprint density at radius 1 is 1.19 bits per heavy atom. The number of guanidine groups is 1. The number of nitrogens with one attached hydrogen (secondary N) is 3. The monoisotopic (exact) mass is 345 g/mol. The predicted molar refractivity (Wildman–Crippen MR) is 106 cm³/mol. The van der Waals surface area contributed by atoms with Gasteiger partial charge in [0, 0.05) is 37.2 Å². The average Bonchev–Trinajstić information content (AvgIpc) is 3.09. The number of hydrogen-bond acceptors (Lipinski definition) is 2. The molecule has 0 saturated carbocycles. The van der Waals surface area contributed by atoms with Crippen LogP contribution >= 0.6 is 0 Å². The SMILES string of the molecule is CN=C(NCCc1c[nH]c2cccc(C)c12)NCc1cccc(C#N)c1. The Morgan fingerprint density at radius 2 is 2.04 bits per heavy atom. The summed E-state index contributed by atoms with van der Waals surface area (Å²) < 4.78 is 0. The van der Waals surface area contributed by atoms with Crippen LogP contribution in [0.3, 0.4) is 0 Å². The number of aromatic nitrogens is 1. The molecule has 1 aromatic heterocycles. The smallest absolute Gasteiger partial charge is 0.191 e. The molecule has 0 atom stereocenters. The van der Waals surface area contributed by atoms with Gasteiger partial charge in [0.15, 0.2) is 5.96 Å². The number of nitrogens with zero attached hydrogens (tertiary/aromatic N) is 2. The lowest BCUT2D eigenvalue weighted by Crippen LogP contribution is -2.37. The van der Waals surface area contributed by atoms with Crippen molar-refractivity contribution in [3.63, 3.8) is 0 Å². The van der Waals surface area contributed by atoms with Crippen molar-refractivity contribution in [2.24, 2.45) is 4.99 Å². The summed E-state index contributed by atoms with van der Waals surface area (Å²) in [6.07, 6.45) is 3.00. The molecule has 2 aromatic carbocycles. The molecule has 0 spiro atoms. The molecule has 0 amide bonds. The highest BCUT2D eigenvalue weighted by atomic mass is 15.2. The van der Waals surface area contributed by atoms with Gasteiger partial charge in [0.05, 0.1) is 11.6 Å². The Kier molecular flexibility index (Phi) is 5.55. The van der Waals surface area contributed by atoms with Crippen LogP contribution in [0.1, 0.15) is 22.3 Å². The van der Waals surface area contributed by atoms with Crippen molar-refractivity contribution < 1.29 is 0 Å². The minimum atomic E-state index is 0.626. The zero-order valence-corrected chi connectivity index (χ0v) is 15.1. The molecular formula is C21H23N5. The molecule has 132 valence electrons. The fraction of sp³-hybridized carbons (Fsp3) is 0.238. The van der Waals surface area contributed by atoms with E-state index in [1.807, 2.05) is 18.2 Å². The quantitative estimate of drug-likeness (QED) is 0.491. The molecule has 0 aliphatic carbocycles. The second-order valence-electron chi connectivity index (χ2n) is 6.23. The van der Waals surface area contributed by atoms with Gasteiger partial charge in [-0.15, -0.1) is 0 Å². The van der Waals surface area contributed by atoms with Crippen molar-refractivity contribution in [3.05, 3.63) is 70.9 Å². The lowest BCUT2D eigenvalue weighted by atomic mass is 10.1. The van der Waals surface area contributed by atoms with Gasteiger partial charge in [-0.3, -0.25) is 4.99 Å². The van der Waals surface area contributed by atoms with Gasteiger partial charge in [-0.25, -0.2) is 0 Å². The summed E-state index contributed by atoms with van der Waals surface area (Å²) in [6.45, 7) is 3.56. The van der Waals surface area contributed by atoms with Crippen LogP contribution < -0.4 is 10.6 Å². The molecule has 5 nitrogen and oxygen atoms in total. The third-order valence-electron chi connectivity index (χ3n) is 4.42. The number of aromatic amines is 1. The van der Waals surface area contributed by atoms with Crippen LogP contribution in [0.4, 0.5) is 0 Å². The minimum absolute atomic E-state index is 0.626. The Balaban J connectivity index is 1.55. The van der Waals surface area contributed by atoms with Crippen LogP contribution in [-0.4, -0.2) is 24.5 Å². The number of nitriles is 1. The topological polar surface area (TPSA) is 76.0 Å². The summed E-state index contributed by atoms with van der Waals surface area (Å²) in [5.41, 5.74) is 5.50. The summed E-state index contributed by atoms with van der Waals surface area (Å²) in [4.78, 5) is 7.60. The number of aryl methyl sites for hydroxylation is 1. The maximum atomic E-state index is 8.98. The lowest BCUT2D eigenvalue weighted by molar-refractivity contribution is 0.796. The van der Waals surface area contributed by atoms with E-state index < -0.39 is 0 Å². The van der Waals surface area contributed by atoms with Gasteiger partial charge in [0.25, 0.3) is 0 Å². The molecule has 0 bridgehead atoms. The number of benzene rings is 2. The molecule has 0 saturated heterocycles. The van der Waals surface area contributed by atoms with Gasteiger partial charge < -0.3 is 15.6 Å². The molecule has 1 heterocycles. The standard InChI is InChI=1S/C21H23N5/c1-15-5-3-8-19-20(15)18(14-25-19)9-10-24-21(23-2)26-13-17-7-4-6-16(11-17)12-22/h3-8,11,14,25H,9-10,13H2,1-2H3,(H2,23,24,26). The maximum Gasteiger partial charge on any atom is 0.191 e. The highest BCUT2D eigenvalue weighted by molar-refractivity contribution is 5.86. The van der Waals surface area contributed by atoms with Crippen molar-refractivity contribution in [1.82, 2.24) is 15.6 Å². The molecule has 5 heteroatoms. The number of aliphatic imine (C=N–C) groups is 1. The van der Waals surface area contributed by atoms with Crippen LogP contribution in [-0.2, 0) is 13.0 Å². The van der Waals surface area contributed by atoms with Crippen molar-refractivity contribution in [3.8, 4) is 6.07 Å². The Labute approximate surface area is 153 Å². The third-order valence-corrected chi connectivity index (χ3v) is 4.42. The molecule has 26 heavy (non-hydrogen) atoms. The first kappa shape index (κ1) is 17.6. The normalized spacial score (nSPS) is 11.3. The predicted octanol–water partition coefficient (Wildman–Crippen LogP) is 3.26. The second kappa shape index (κ2) is 8.21. The zero-order valence-electron chi connectivity index (χ0n) is 15.1. The van der Waals surface area contributed by atoms with Gasteiger partial charge in [-0.2, -0.15) is 5.26 Å². The average molecular weight is 345 g/mol. The van der Waals surface area contributed by atoms with Crippen molar-refractivity contribution in [1.29, 1.82) is 5.26 Å². The molecule has 0 radical (unpaired) electrons. The summed E-state index contributed by atoms with van der Waals surface area (Å²) in [7, 11) is 1.76. The lowest BCUT2D eigenvalue weighted by Gasteiger charge is -2.12. The zero-order chi connectivity index (χ0) is 18.4. The molecule has 3 N–H and O–H groups in total. The first-order valence-corrected chi connectivity index (χ1v) is 8.70. The molecule has 0 aliphatic rings. The van der Waals surface area contributed by atoms with Crippen LogP contribution in [0.25, 0.3) is 10.9 Å². The van der Waals surface area contributed by atoms with Crippen LogP contribution in [0, 0.1) is 18.3 Å². The van der Waals surface area contributed by atoms with Gasteiger partial charge in [-0.05, 0) is 48.2 Å². The van der Waals surface area contributed by atoms with E-state index in [-0.39, 0.29) is 0 Å². The van der Waals surface area contributed by atoms with E-state index in [1.165, 1.54) is 22.0 Å². The Hall–Kier alpha value is -3.26. The van der Waals surface area contributed by atoms with E-state index in [4.69, 9.17) is 5.26 Å². The van der Waals surface area contributed by atoms with E-state index in [1.54, 1.807) is 13.1 Å². The molecule has 0 aliphatic heterocycles. The molecule has 0 unspecified atom stereocenters. The molecule has 0 fully saturated rings. The molecular weight excluding hydrogens is 322 g/mol. The van der Waals surface area contributed by atoms with Gasteiger partial charge >= 0.3 is 0 Å². The summed E-state index contributed by atoms with van der Waals surface area (Å²) >= 11 is 0. The van der Waals surface area contributed by atoms with E-state index in [2.05, 4.69) is 58.0 Å². The third kappa shape index (κ3) is 4.04. The van der Waals surface area contributed by atoms with Gasteiger partial charge in [-0.1, -0.05) is 24.3 Å². The van der Waals surface area contributed by atoms with Crippen molar-refractivity contribution >= 4 is 16.9 Å². The highest BCUT2D eigenvalue weighted by Gasteiger charge is 2.06. The van der Waals surface area contributed by atoms with Gasteiger partial charge in [0.2, 0.25) is 0 Å².